The largest absolute Gasteiger partial charge is 0.505 e. The summed E-state index contributed by atoms with van der Waals surface area (Å²) in [5.41, 5.74) is 3.18. The Kier molecular flexibility index (Phi) is 4.36. The normalized spacial score (nSPS) is 13.9. The predicted molar refractivity (Wildman–Crippen MR) is 106 cm³/mol. The van der Waals surface area contributed by atoms with E-state index in [0.29, 0.717) is 39.7 Å². The van der Waals surface area contributed by atoms with Crippen LogP contribution in [0.1, 0.15) is 24.5 Å². The minimum atomic E-state index is -0.302. The molecule has 0 saturated carbocycles. The fourth-order valence-corrected chi connectivity index (χ4v) is 3.74. The highest BCUT2D eigenvalue weighted by Gasteiger charge is 2.25. The van der Waals surface area contributed by atoms with E-state index in [1.54, 1.807) is 30.3 Å². The van der Waals surface area contributed by atoms with E-state index in [-0.39, 0.29) is 18.1 Å². The average Bonchev–Trinajstić information content (AvgIpc) is 2.83. The maximum atomic E-state index is 14.2. The molecule has 4 nitrogen and oxygen atoms in total. The molecule has 0 unspecified atom stereocenters. The van der Waals surface area contributed by atoms with Crippen molar-refractivity contribution in [3.8, 4) is 5.75 Å². The smallest absolute Gasteiger partial charge is 0.147 e. The molecule has 1 aliphatic heterocycles. The summed E-state index contributed by atoms with van der Waals surface area (Å²) < 4.78 is 14.2. The van der Waals surface area contributed by atoms with E-state index in [1.807, 2.05) is 30.2 Å². The molecule has 4 rings (SSSR count). The lowest BCUT2D eigenvalue weighted by atomic mass is 9.96. The molecule has 0 aliphatic carbocycles. The van der Waals surface area contributed by atoms with Crippen LogP contribution in [0, 0.1) is 10.7 Å². The van der Waals surface area contributed by atoms with Crippen molar-refractivity contribution in [2.45, 2.75) is 26.3 Å². The summed E-state index contributed by atoms with van der Waals surface area (Å²) in [6, 6.07) is 13.8. The Morgan fingerprint density at radius 2 is 1.78 bits per heavy atom. The van der Waals surface area contributed by atoms with Gasteiger partial charge in [-0.2, -0.15) is 0 Å². The number of nitrogens with zero attached hydrogens (tertiary/aromatic N) is 2. The number of allylic oxidation sites excluding steroid dienone is 1. The average molecular weight is 362 g/mol. The van der Waals surface area contributed by atoms with Gasteiger partial charge in [0.15, 0.2) is 0 Å². The van der Waals surface area contributed by atoms with Gasteiger partial charge < -0.3 is 10.0 Å². The van der Waals surface area contributed by atoms with Gasteiger partial charge in [-0.25, -0.2) is 4.39 Å². The molecule has 0 saturated heterocycles. The van der Waals surface area contributed by atoms with E-state index in [9.17, 15) is 14.4 Å². The number of fused-ring (bicyclic) bond motifs is 2. The van der Waals surface area contributed by atoms with Crippen LogP contribution < -0.4 is 4.90 Å². The zero-order valence-electron chi connectivity index (χ0n) is 14.9. The van der Waals surface area contributed by atoms with Gasteiger partial charge in [0.05, 0.1) is 12.2 Å². The maximum Gasteiger partial charge on any atom is 0.147 e. The SMILES string of the molecule is CC1=CN(Cc2ccccc2F)c2c(c(N=O)c3ccccc3c2O)CC1. The number of hydrogen-bond donors (Lipinski definition) is 1. The molecule has 5 heteroatoms. The van der Waals surface area contributed by atoms with Crippen molar-refractivity contribution < 1.29 is 9.50 Å². The molecule has 0 fully saturated rings. The van der Waals surface area contributed by atoms with E-state index in [2.05, 4.69) is 5.18 Å². The van der Waals surface area contributed by atoms with Crippen LogP contribution in [-0.4, -0.2) is 5.11 Å². The van der Waals surface area contributed by atoms with Crippen LogP contribution in [-0.2, 0) is 13.0 Å². The van der Waals surface area contributed by atoms with Crippen molar-refractivity contribution in [2.24, 2.45) is 5.18 Å². The number of rotatable bonds is 3. The maximum absolute atomic E-state index is 14.2. The lowest BCUT2D eigenvalue weighted by Gasteiger charge is -2.25. The molecule has 136 valence electrons. The number of anilines is 1. The Morgan fingerprint density at radius 3 is 2.52 bits per heavy atom. The van der Waals surface area contributed by atoms with Crippen LogP contribution in [0.15, 0.2) is 65.5 Å². The third-order valence-electron chi connectivity index (χ3n) is 5.06. The second-order valence-corrected chi connectivity index (χ2v) is 6.86. The molecular weight excluding hydrogens is 343 g/mol. The number of hydrogen-bond acceptors (Lipinski definition) is 4. The zero-order chi connectivity index (χ0) is 19.0. The molecule has 0 aromatic heterocycles. The Morgan fingerprint density at radius 1 is 1.07 bits per heavy atom. The van der Waals surface area contributed by atoms with E-state index in [0.717, 1.165) is 12.0 Å². The van der Waals surface area contributed by atoms with E-state index < -0.39 is 0 Å². The molecule has 0 atom stereocenters. The van der Waals surface area contributed by atoms with Gasteiger partial charge in [-0.15, -0.1) is 4.91 Å². The molecule has 0 amide bonds. The number of phenolic OH excluding ortho intramolecular Hbond substituents is 1. The molecule has 0 bridgehead atoms. The van der Waals surface area contributed by atoms with Gasteiger partial charge in [0.2, 0.25) is 0 Å². The van der Waals surface area contributed by atoms with E-state index in [4.69, 9.17) is 0 Å². The number of phenols is 1. The summed E-state index contributed by atoms with van der Waals surface area (Å²) in [4.78, 5) is 13.5. The second-order valence-electron chi connectivity index (χ2n) is 6.86. The van der Waals surface area contributed by atoms with Gasteiger partial charge >= 0.3 is 0 Å². The fraction of sp³-hybridized carbons (Fsp3) is 0.182. The van der Waals surface area contributed by atoms with Crippen molar-refractivity contribution in [3.63, 3.8) is 0 Å². The van der Waals surface area contributed by atoms with E-state index in [1.165, 1.54) is 6.07 Å². The monoisotopic (exact) mass is 362 g/mol. The van der Waals surface area contributed by atoms with Crippen molar-refractivity contribution >= 4 is 22.1 Å². The predicted octanol–water partition coefficient (Wildman–Crippen LogP) is 5.94. The van der Waals surface area contributed by atoms with Crippen LogP contribution in [0.25, 0.3) is 10.8 Å². The minimum absolute atomic E-state index is 0.0929. The first-order chi connectivity index (χ1) is 13.1. The first-order valence-corrected chi connectivity index (χ1v) is 8.87. The summed E-state index contributed by atoms with van der Waals surface area (Å²) in [6.07, 6.45) is 3.24. The van der Waals surface area contributed by atoms with Gasteiger partial charge in [-0.3, -0.25) is 0 Å². The molecule has 0 radical (unpaired) electrons. The lowest BCUT2D eigenvalue weighted by Crippen LogP contribution is -2.18. The molecule has 0 spiro atoms. The third kappa shape index (κ3) is 2.95. The van der Waals surface area contributed by atoms with Gasteiger partial charge in [0, 0.05) is 28.1 Å². The molecule has 1 N–H and O–H groups in total. The molecule has 3 aromatic carbocycles. The minimum Gasteiger partial charge on any atom is -0.505 e. The second kappa shape index (κ2) is 6.83. The molecule has 1 heterocycles. The number of aromatic hydroxyl groups is 1. The Bertz CT molecular complexity index is 1080. The number of halogens is 1. The topological polar surface area (TPSA) is 52.9 Å². The van der Waals surface area contributed by atoms with Gasteiger partial charge in [0.25, 0.3) is 0 Å². The van der Waals surface area contributed by atoms with E-state index >= 15 is 0 Å². The van der Waals surface area contributed by atoms with Crippen LogP contribution in [0.4, 0.5) is 15.8 Å². The number of benzene rings is 3. The highest BCUT2D eigenvalue weighted by molar-refractivity contribution is 6.03. The molecule has 27 heavy (non-hydrogen) atoms. The first kappa shape index (κ1) is 17.2. The van der Waals surface area contributed by atoms with Crippen LogP contribution >= 0.6 is 0 Å². The zero-order valence-corrected chi connectivity index (χ0v) is 14.9. The fourth-order valence-electron chi connectivity index (χ4n) is 3.74. The standard InChI is InChI=1S/C22H19FN2O2/c1-14-10-11-18-20(24-27)16-7-3-4-8-17(16)22(26)21(18)25(12-14)13-15-6-2-5-9-19(15)23/h2-9,12,26H,10-11,13H2,1H3. The Hall–Kier alpha value is -3.21. The quantitative estimate of drug-likeness (QED) is 0.587. The van der Waals surface area contributed by atoms with Crippen molar-refractivity contribution in [1.82, 2.24) is 0 Å². The Labute approximate surface area is 156 Å². The number of nitroso groups, excluding NO2 is 1. The van der Waals surface area contributed by atoms with Gasteiger partial charge in [-0.1, -0.05) is 48.0 Å². The van der Waals surface area contributed by atoms with Crippen molar-refractivity contribution in [2.75, 3.05) is 4.90 Å². The van der Waals surface area contributed by atoms with Crippen LogP contribution in [0.5, 0.6) is 5.75 Å². The first-order valence-electron chi connectivity index (χ1n) is 8.87. The summed E-state index contributed by atoms with van der Waals surface area (Å²) >= 11 is 0. The lowest BCUT2D eigenvalue weighted by molar-refractivity contribution is 0.481. The third-order valence-corrected chi connectivity index (χ3v) is 5.06. The van der Waals surface area contributed by atoms with Crippen molar-refractivity contribution in [3.05, 3.63) is 82.2 Å². The molecule has 1 aliphatic rings. The van der Waals surface area contributed by atoms with Crippen LogP contribution in [0.3, 0.4) is 0 Å². The molecule has 3 aromatic rings. The Balaban J connectivity index is 1.97. The summed E-state index contributed by atoms with van der Waals surface area (Å²) in [6.45, 7) is 2.24. The van der Waals surface area contributed by atoms with Gasteiger partial charge in [0.1, 0.15) is 17.3 Å². The summed E-state index contributed by atoms with van der Waals surface area (Å²) in [5.74, 6) is -0.210. The summed E-state index contributed by atoms with van der Waals surface area (Å²) in [5, 5.41) is 15.5. The molecular formula is C22H19FN2O2. The van der Waals surface area contributed by atoms with Gasteiger partial charge in [-0.05, 0) is 31.0 Å². The van der Waals surface area contributed by atoms with Crippen molar-refractivity contribution in [1.29, 1.82) is 0 Å². The highest BCUT2D eigenvalue weighted by Crippen LogP contribution is 2.47. The highest BCUT2D eigenvalue weighted by atomic mass is 19.1. The van der Waals surface area contributed by atoms with Crippen LogP contribution in [0.2, 0.25) is 0 Å². The summed E-state index contributed by atoms with van der Waals surface area (Å²) in [7, 11) is 0.